The van der Waals surface area contributed by atoms with Crippen LogP contribution in [-0.4, -0.2) is 7.11 Å². The molecule has 18 heavy (non-hydrogen) atoms. The van der Waals surface area contributed by atoms with E-state index < -0.39 is 0 Å². The van der Waals surface area contributed by atoms with Gasteiger partial charge in [0, 0.05) is 16.1 Å². The van der Waals surface area contributed by atoms with Crippen molar-refractivity contribution >= 4 is 46.4 Å². The van der Waals surface area contributed by atoms with Gasteiger partial charge in [-0.2, -0.15) is 0 Å². The van der Waals surface area contributed by atoms with Crippen LogP contribution in [0.25, 0.3) is 11.1 Å². The van der Waals surface area contributed by atoms with Gasteiger partial charge in [0.1, 0.15) is 5.75 Å². The highest BCUT2D eigenvalue weighted by molar-refractivity contribution is 6.46. The second-order valence-electron chi connectivity index (χ2n) is 3.56. The maximum Gasteiger partial charge on any atom is 0.119 e. The van der Waals surface area contributed by atoms with Gasteiger partial charge in [-0.05, 0) is 30.3 Å². The molecule has 2 aromatic rings. The van der Waals surface area contributed by atoms with Crippen LogP contribution in [0.4, 0.5) is 0 Å². The van der Waals surface area contributed by atoms with Crippen molar-refractivity contribution < 1.29 is 4.74 Å². The molecule has 1 nitrogen and oxygen atoms in total. The average molecular weight is 322 g/mol. The summed E-state index contributed by atoms with van der Waals surface area (Å²) in [5.41, 5.74) is 1.29. The van der Waals surface area contributed by atoms with E-state index in [0.717, 1.165) is 0 Å². The van der Waals surface area contributed by atoms with E-state index >= 15 is 0 Å². The molecule has 0 atom stereocenters. The topological polar surface area (TPSA) is 9.23 Å². The van der Waals surface area contributed by atoms with Crippen molar-refractivity contribution in [1.82, 2.24) is 0 Å². The fourth-order valence-electron chi connectivity index (χ4n) is 1.60. The van der Waals surface area contributed by atoms with Gasteiger partial charge in [0.2, 0.25) is 0 Å². The molecule has 0 spiro atoms. The Labute approximate surface area is 125 Å². The van der Waals surface area contributed by atoms with Crippen LogP contribution in [0.3, 0.4) is 0 Å². The molecule has 5 heteroatoms. The van der Waals surface area contributed by atoms with E-state index in [0.29, 0.717) is 37.0 Å². The third-order valence-electron chi connectivity index (χ3n) is 2.49. The molecule has 0 heterocycles. The highest BCUT2D eigenvalue weighted by Gasteiger charge is 2.15. The van der Waals surface area contributed by atoms with E-state index in [2.05, 4.69) is 0 Å². The van der Waals surface area contributed by atoms with Crippen LogP contribution in [-0.2, 0) is 0 Å². The van der Waals surface area contributed by atoms with Crippen molar-refractivity contribution in [2.45, 2.75) is 0 Å². The van der Waals surface area contributed by atoms with Crippen LogP contribution in [0.1, 0.15) is 0 Å². The Morgan fingerprint density at radius 3 is 2.11 bits per heavy atom. The molecule has 0 amide bonds. The summed E-state index contributed by atoms with van der Waals surface area (Å²) in [5, 5.41) is 1.82. The molecule has 0 aliphatic rings. The highest BCUT2D eigenvalue weighted by Crippen LogP contribution is 2.42. The summed E-state index contributed by atoms with van der Waals surface area (Å²) >= 11 is 24.5. The first-order valence-corrected chi connectivity index (χ1v) is 6.53. The quantitative estimate of drug-likeness (QED) is 0.618. The van der Waals surface area contributed by atoms with Crippen LogP contribution in [0.2, 0.25) is 20.1 Å². The number of hydrogen-bond acceptors (Lipinski definition) is 1. The van der Waals surface area contributed by atoms with Crippen molar-refractivity contribution in [2.24, 2.45) is 0 Å². The predicted molar refractivity (Wildman–Crippen MR) is 78.5 cm³/mol. The van der Waals surface area contributed by atoms with E-state index in [1.807, 2.05) is 0 Å². The summed E-state index contributed by atoms with van der Waals surface area (Å²) in [4.78, 5) is 0. The predicted octanol–water partition coefficient (Wildman–Crippen LogP) is 5.98. The number of halogens is 4. The molecule has 0 bridgehead atoms. The van der Waals surface area contributed by atoms with E-state index in [4.69, 9.17) is 51.1 Å². The standard InChI is InChI=1S/C13H8Cl4O/c1-18-7-2-3-9(14)8(6-7)12-10(15)4-5-11(16)13(12)17/h2-6H,1H3. The maximum atomic E-state index is 6.18. The molecule has 94 valence electrons. The van der Waals surface area contributed by atoms with E-state index in [1.54, 1.807) is 37.4 Å². The molecular formula is C13H8Cl4O. The zero-order chi connectivity index (χ0) is 13.3. The Morgan fingerprint density at radius 2 is 1.44 bits per heavy atom. The molecule has 0 aliphatic carbocycles. The molecule has 0 N–H and O–H groups in total. The summed E-state index contributed by atoms with van der Waals surface area (Å²) in [5.74, 6) is 0.668. The van der Waals surface area contributed by atoms with Crippen LogP contribution in [0.5, 0.6) is 5.75 Å². The summed E-state index contributed by atoms with van der Waals surface area (Å²) in [6, 6.07) is 8.58. The Bertz CT molecular complexity index is 596. The Morgan fingerprint density at radius 1 is 0.833 bits per heavy atom. The minimum Gasteiger partial charge on any atom is -0.497 e. The lowest BCUT2D eigenvalue weighted by Crippen LogP contribution is -1.88. The van der Waals surface area contributed by atoms with Crippen molar-refractivity contribution in [2.75, 3.05) is 7.11 Å². The summed E-state index contributed by atoms with van der Waals surface area (Å²) in [6.07, 6.45) is 0. The molecule has 0 fully saturated rings. The lowest BCUT2D eigenvalue weighted by molar-refractivity contribution is 0.415. The van der Waals surface area contributed by atoms with Gasteiger partial charge in [-0.3, -0.25) is 0 Å². The van der Waals surface area contributed by atoms with Gasteiger partial charge >= 0.3 is 0 Å². The van der Waals surface area contributed by atoms with Gasteiger partial charge in [-0.25, -0.2) is 0 Å². The van der Waals surface area contributed by atoms with Crippen molar-refractivity contribution in [3.05, 3.63) is 50.4 Å². The van der Waals surface area contributed by atoms with E-state index in [9.17, 15) is 0 Å². The van der Waals surface area contributed by atoms with Gasteiger partial charge in [-0.15, -0.1) is 0 Å². The van der Waals surface area contributed by atoms with Gasteiger partial charge in [-0.1, -0.05) is 46.4 Å². The third kappa shape index (κ3) is 2.55. The van der Waals surface area contributed by atoms with E-state index in [1.165, 1.54) is 0 Å². The molecule has 0 unspecified atom stereocenters. The molecule has 2 rings (SSSR count). The zero-order valence-corrected chi connectivity index (χ0v) is 12.3. The Hall–Kier alpha value is -0.600. The van der Waals surface area contributed by atoms with Crippen LogP contribution in [0, 0.1) is 0 Å². The molecule has 0 aromatic heterocycles. The largest absolute Gasteiger partial charge is 0.497 e. The minimum atomic E-state index is 0.374. The summed E-state index contributed by atoms with van der Waals surface area (Å²) < 4.78 is 5.16. The maximum absolute atomic E-state index is 6.18. The second kappa shape index (κ2) is 5.58. The number of methoxy groups -OCH3 is 1. The van der Waals surface area contributed by atoms with Crippen LogP contribution < -0.4 is 4.74 Å². The summed E-state index contributed by atoms with van der Waals surface area (Å²) in [6.45, 7) is 0. The number of ether oxygens (including phenoxy) is 1. The zero-order valence-electron chi connectivity index (χ0n) is 9.31. The second-order valence-corrected chi connectivity index (χ2v) is 5.16. The fourth-order valence-corrected chi connectivity index (χ4v) is 2.54. The first kappa shape index (κ1) is 13.8. The van der Waals surface area contributed by atoms with Crippen molar-refractivity contribution in [1.29, 1.82) is 0 Å². The third-order valence-corrected chi connectivity index (χ3v) is 3.94. The molecule has 0 saturated carbocycles. The molecule has 0 saturated heterocycles. The SMILES string of the molecule is COc1ccc(Cl)c(-c2c(Cl)ccc(Cl)c2Cl)c1. The van der Waals surface area contributed by atoms with Gasteiger partial charge in [0.05, 0.1) is 22.2 Å². The minimum absolute atomic E-state index is 0.374. The number of benzene rings is 2. The molecule has 0 aliphatic heterocycles. The molecule has 2 aromatic carbocycles. The monoisotopic (exact) mass is 320 g/mol. The van der Waals surface area contributed by atoms with Crippen LogP contribution >= 0.6 is 46.4 Å². The van der Waals surface area contributed by atoms with E-state index in [-0.39, 0.29) is 0 Å². The summed E-state index contributed by atoms with van der Waals surface area (Å²) in [7, 11) is 1.58. The molecule has 0 radical (unpaired) electrons. The Balaban J connectivity index is 2.72. The van der Waals surface area contributed by atoms with Crippen molar-refractivity contribution in [3.8, 4) is 16.9 Å². The van der Waals surface area contributed by atoms with Crippen LogP contribution in [0.15, 0.2) is 30.3 Å². The Kier molecular flexibility index (Phi) is 4.29. The van der Waals surface area contributed by atoms with Gasteiger partial charge in [0.15, 0.2) is 0 Å². The first-order valence-electron chi connectivity index (χ1n) is 5.02. The smallest absolute Gasteiger partial charge is 0.119 e. The average Bonchev–Trinajstić information content (AvgIpc) is 2.36. The highest BCUT2D eigenvalue weighted by atomic mass is 35.5. The normalized spacial score (nSPS) is 10.5. The number of rotatable bonds is 2. The first-order chi connectivity index (χ1) is 8.54. The van der Waals surface area contributed by atoms with Crippen molar-refractivity contribution in [3.63, 3.8) is 0 Å². The number of hydrogen-bond donors (Lipinski definition) is 0. The fraction of sp³-hybridized carbons (Fsp3) is 0.0769. The lowest BCUT2D eigenvalue weighted by Gasteiger charge is -2.11. The molecular weight excluding hydrogens is 314 g/mol. The van der Waals surface area contributed by atoms with Gasteiger partial charge < -0.3 is 4.74 Å². The lowest BCUT2D eigenvalue weighted by atomic mass is 10.1. The van der Waals surface area contributed by atoms with Gasteiger partial charge in [0.25, 0.3) is 0 Å².